The van der Waals surface area contributed by atoms with E-state index >= 15 is 0 Å². The average Bonchev–Trinajstić information content (AvgIpc) is 2.91. The summed E-state index contributed by atoms with van der Waals surface area (Å²) < 4.78 is 17.7. The molecule has 1 saturated heterocycles. The minimum atomic E-state index is -0.115. The Morgan fingerprint density at radius 2 is 1.51 bits per heavy atom. The zero-order valence-electron chi connectivity index (χ0n) is 24.2. The van der Waals surface area contributed by atoms with Crippen molar-refractivity contribution in [3.05, 3.63) is 35.6 Å². The van der Waals surface area contributed by atoms with Crippen molar-refractivity contribution in [2.24, 2.45) is 0 Å². The Labute approximate surface area is 228 Å². The summed E-state index contributed by atoms with van der Waals surface area (Å²) in [5, 5.41) is 0. The molecule has 2 aliphatic rings. The number of unbranched alkanes of at least 4 members (excludes halogenated alkanes) is 11. The summed E-state index contributed by atoms with van der Waals surface area (Å²) in [7, 11) is 0. The van der Waals surface area contributed by atoms with Crippen molar-refractivity contribution >= 4 is 5.97 Å². The second-order valence-electron chi connectivity index (χ2n) is 10.9. The first-order chi connectivity index (χ1) is 18.2. The van der Waals surface area contributed by atoms with Crippen LogP contribution in [0, 0.1) is 0 Å². The maximum Gasteiger partial charge on any atom is 0.342 e. The van der Waals surface area contributed by atoms with Crippen LogP contribution < -0.4 is 0 Å². The first-order valence-corrected chi connectivity index (χ1v) is 15.8. The molecule has 0 bridgehead atoms. The van der Waals surface area contributed by atoms with Gasteiger partial charge in [0.25, 0.3) is 0 Å². The van der Waals surface area contributed by atoms with E-state index in [1.165, 1.54) is 83.5 Å². The van der Waals surface area contributed by atoms with Gasteiger partial charge in [-0.1, -0.05) is 95.9 Å². The Kier molecular flexibility index (Phi) is 18.5. The number of carbonyl (C=O) groups excluding carboxylic acids is 1. The van der Waals surface area contributed by atoms with Crippen molar-refractivity contribution in [2.45, 2.75) is 161 Å². The lowest BCUT2D eigenvalue weighted by molar-refractivity contribution is -0.191. The molecule has 0 N–H and O–H groups in total. The number of esters is 1. The first kappa shape index (κ1) is 31.8. The molecule has 0 aliphatic carbocycles. The van der Waals surface area contributed by atoms with Crippen LogP contribution in [0.3, 0.4) is 0 Å². The Morgan fingerprint density at radius 3 is 2.22 bits per heavy atom. The molecule has 0 saturated carbocycles. The molecule has 37 heavy (non-hydrogen) atoms. The van der Waals surface area contributed by atoms with Gasteiger partial charge in [-0.05, 0) is 70.6 Å². The number of ether oxygens (including phenoxy) is 3. The lowest BCUT2D eigenvalue weighted by atomic mass is 9.97. The third-order valence-corrected chi connectivity index (χ3v) is 7.45. The summed E-state index contributed by atoms with van der Waals surface area (Å²) in [5.41, 5.74) is 0.911. The molecule has 4 nitrogen and oxygen atoms in total. The highest BCUT2D eigenvalue weighted by atomic mass is 16.7. The smallest absolute Gasteiger partial charge is 0.342 e. The van der Waals surface area contributed by atoms with Gasteiger partial charge in [-0.25, -0.2) is 4.79 Å². The topological polar surface area (TPSA) is 44.8 Å². The van der Waals surface area contributed by atoms with Gasteiger partial charge in [0, 0.05) is 13.0 Å². The van der Waals surface area contributed by atoms with Gasteiger partial charge in [-0.2, -0.15) is 0 Å². The zero-order valence-corrected chi connectivity index (χ0v) is 24.2. The third-order valence-electron chi connectivity index (χ3n) is 7.45. The molecule has 2 unspecified atom stereocenters. The molecule has 2 atom stereocenters. The van der Waals surface area contributed by atoms with Crippen molar-refractivity contribution in [3.8, 4) is 0 Å². The number of allylic oxidation sites excluding steroid dienone is 4. The molecule has 1 fully saturated rings. The van der Waals surface area contributed by atoms with E-state index in [0.717, 1.165) is 62.9 Å². The molecular weight excluding hydrogens is 460 g/mol. The fourth-order valence-corrected chi connectivity index (χ4v) is 5.08. The summed E-state index contributed by atoms with van der Waals surface area (Å²) in [6.45, 7) is 5.26. The van der Waals surface area contributed by atoms with Crippen LogP contribution in [0.4, 0.5) is 0 Å². The van der Waals surface area contributed by atoms with Gasteiger partial charge >= 0.3 is 5.97 Å². The van der Waals surface area contributed by atoms with E-state index in [4.69, 9.17) is 14.2 Å². The fourth-order valence-electron chi connectivity index (χ4n) is 5.08. The number of rotatable bonds is 23. The normalized spacial score (nSPS) is 19.1. The molecule has 2 rings (SSSR count). The Balaban J connectivity index is 1.63. The Hall–Kier alpha value is -1.39. The molecule has 0 aromatic carbocycles. The van der Waals surface area contributed by atoms with E-state index in [1.54, 1.807) is 0 Å². The standard InChI is InChI=1S/C33H56O4/c1-3-5-7-9-10-11-12-13-14-15-16-17-18-19-20-24-29(36-32-26-22-23-27-35-32)28-31-30(33(34)37-31)25-21-8-6-4-2/h10-11,13-14,29,32H,3-9,12,15-28H2,1-2H3/b11-10-,14-13-. The number of hydrogen-bond donors (Lipinski definition) is 0. The van der Waals surface area contributed by atoms with Gasteiger partial charge < -0.3 is 14.2 Å². The van der Waals surface area contributed by atoms with Crippen molar-refractivity contribution in [1.82, 2.24) is 0 Å². The third kappa shape index (κ3) is 15.0. The van der Waals surface area contributed by atoms with E-state index in [0.29, 0.717) is 6.42 Å². The average molecular weight is 517 g/mol. The lowest BCUT2D eigenvalue weighted by Crippen LogP contribution is -2.31. The van der Waals surface area contributed by atoms with Crippen molar-refractivity contribution < 1.29 is 19.0 Å². The Morgan fingerprint density at radius 1 is 0.838 bits per heavy atom. The highest BCUT2D eigenvalue weighted by Gasteiger charge is 2.32. The van der Waals surface area contributed by atoms with Crippen LogP contribution in [0.1, 0.15) is 149 Å². The largest absolute Gasteiger partial charge is 0.427 e. The molecule has 2 aliphatic heterocycles. The number of cyclic esters (lactones) is 1. The summed E-state index contributed by atoms with van der Waals surface area (Å²) in [5.74, 6) is 0.765. The Bertz CT molecular complexity index is 672. The molecule has 4 heteroatoms. The van der Waals surface area contributed by atoms with Crippen LogP contribution in [0.15, 0.2) is 35.6 Å². The molecule has 0 spiro atoms. The van der Waals surface area contributed by atoms with Gasteiger partial charge in [0.15, 0.2) is 6.29 Å². The van der Waals surface area contributed by atoms with E-state index in [2.05, 4.69) is 38.2 Å². The molecule has 0 aromatic heterocycles. The van der Waals surface area contributed by atoms with E-state index in [-0.39, 0.29) is 18.4 Å². The zero-order chi connectivity index (χ0) is 26.4. The predicted octanol–water partition coefficient (Wildman–Crippen LogP) is 9.88. The summed E-state index contributed by atoms with van der Waals surface area (Å²) in [6, 6.07) is 0. The van der Waals surface area contributed by atoms with Crippen molar-refractivity contribution in [3.63, 3.8) is 0 Å². The van der Waals surface area contributed by atoms with E-state index in [1.807, 2.05) is 0 Å². The van der Waals surface area contributed by atoms with E-state index in [9.17, 15) is 4.79 Å². The van der Waals surface area contributed by atoms with Gasteiger partial charge in [0.05, 0.1) is 11.7 Å². The second kappa shape index (κ2) is 21.5. The SMILES string of the molecule is CCCCC/C=C\C/C=C\CCCCCCCC(CC1=C(CCCCCC)C(=O)O1)OC1CCCCO1. The number of hydrogen-bond acceptors (Lipinski definition) is 4. The van der Waals surface area contributed by atoms with Crippen LogP contribution in [0.5, 0.6) is 0 Å². The molecule has 0 aromatic rings. The fraction of sp³-hybridized carbons (Fsp3) is 0.788. The van der Waals surface area contributed by atoms with Crippen LogP contribution in [0.2, 0.25) is 0 Å². The second-order valence-corrected chi connectivity index (χ2v) is 10.9. The van der Waals surface area contributed by atoms with Crippen LogP contribution >= 0.6 is 0 Å². The molecular formula is C33H56O4. The molecule has 0 amide bonds. The van der Waals surface area contributed by atoms with Crippen molar-refractivity contribution in [1.29, 1.82) is 0 Å². The minimum absolute atomic E-state index is 0.0785. The predicted molar refractivity (Wildman–Crippen MR) is 154 cm³/mol. The van der Waals surface area contributed by atoms with Crippen LogP contribution in [-0.2, 0) is 19.0 Å². The maximum atomic E-state index is 12.0. The molecule has 212 valence electrons. The molecule has 0 radical (unpaired) electrons. The van der Waals surface area contributed by atoms with Gasteiger partial charge in [-0.15, -0.1) is 0 Å². The minimum Gasteiger partial charge on any atom is -0.427 e. The molecule has 2 heterocycles. The number of carbonyl (C=O) groups is 1. The van der Waals surface area contributed by atoms with Gasteiger partial charge in [0.2, 0.25) is 0 Å². The van der Waals surface area contributed by atoms with Gasteiger partial charge in [-0.3, -0.25) is 0 Å². The maximum absolute atomic E-state index is 12.0. The van der Waals surface area contributed by atoms with Crippen LogP contribution in [0.25, 0.3) is 0 Å². The first-order valence-electron chi connectivity index (χ1n) is 15.8. The van der Waals surface area contributed by atoms with Crippen LogP contribution in [-0.4, -0.2) is 25.0 Å². The highest BCUT2D eigenvalue weighted by Crippen LogP contribution is 2.32. The monoisotopic (exact) mass is 516 g/mol. The highest BCUT2D eigenvalue weighted by molar-refractivity contribution is 5.95. The van der Waals surface area contributed by atoms with Crippen molar-refractivity contribution in [2.75, 3.05) is 6.61 Å². The summed E-state index contributed by atoms with van der Waals surface area (Å²) in [6.07, 6.45) is 33.5. The lowest BCUT2D eigenvalue weighted by Gasteiger charge is -2.30. The summed E-state index contributed by atoms with van der Waals surface area (Å²) in [4.78, 5) is 12.0. The van der Waals surface area contributed by atoms with E-state index < -0.39 is 0 Å². The summed E-state index contributed by atoms with van der Waals surface area (Å²) >= 11 is 0. The van der Waals surface area contributed by atoms with Gasteiger partial charge in [0.1, 0.15) is 5.76 Å². The quantitative estimate of drug-likeness (QED) is 0.0770.